The van der Waals surface area contributed by atoms with Gasteiger partial charge in [-0.15, -0.1) is 0 Å². The van der Waals surface area contributed by atoms with Crippen LogP contribution in [0.15, 0.2) is 17.0 Å². The Hall–Kier alpha value is -1.48. The highest BCUT2D eigenvalue weighted by Crippen LogP contribution is 2.30. The van der Waals surface area contributed by atoms with Gasteiger partial charge >= 0.3 is 5.97 Å². The maximum absolute atomic E-state index is 12.8. The zero-order chi connectivity index (χ0) is 16.1. The second-order valence-electron chi connectivity index (χ2n) is 5.57. The van der Waals surface area contributed by atoms with Crippen molar-refractivity contribution in [3.05, 3.63) is 28.8 Å². The van der Waals surface area contributed by atoms with Crippen molar-refractivity contribution < 1.29 is 27.8 Å². The first-order chi connectivity index (χ1) is 10.3. The SMILES string of the molecule is Cc1cc(C(=O)O)cc(S(=O)(=O)N2C[C@@H]3OCO[C@@H]3C2)c1C. The average Bonchev–Trinajstić information content (AvgIpc) is 3.02. The first-order valence-electron chi connectivity index (χ1n) is 6.88. The molecule has 2 atom stereocenters. The van der Waals surface area contributed by atoms with E-state index in [1.54, 1.807) is 13.8 Å². The fourth-order valence-corrected chi connectivity index (χ4v) is 4.59. The molecule has 8 heteroatoms. The van der Waals surface area contributed by atoms with Gasteiger partial charge < -0.3 is 14.6 Å². The Labute approximate surface area is 128 Å². The van der Waals surface area contributed by atoms with Gasteiger partial charge in [0.25, 0.3) is 0 Å². The fourth-order valence-electron chi connectivity index (χ4n) is 2.80. The number of aromatic carboxylic acids is 1. The number of rotatable bonds is 3. The highest BCUT2D eigenvalue weighted by molar-refractivity contribution is 7.89. The standard InChI is InChI=1S/C14H17NO6S/c1-8-3-10(14(16)17)4-13(9(8)2)22(18,19)15-5-11-12(6-15)21-7-20-11/h3-4,11-12H,5-7H2,1-2H3,(H,16,17)/t11-,12+. The molecular formula is C14H17NO6S. The highest BCUT2D eigenvalue weighted by Gasteiger charge is 2.44. The third-order valence-corrected chi connectivity index (χ3v) is 6.19. The molecule has 0 radical (unpaired) electrons. The molecule has 0 bridgehead atoms. The predicted octanol–water partition coefficient (Wildman–Crippen LogP) is 0.747. The molecule has 3 rings (SSSR count). The lowest BCUT2D eigenvalue weighted by atomic mass is 10.1. The lowest BCUT2D eigenvalue weighted by Gasteiger charge is -2.19. The Morgan fingerprint density at radius 3 is 2.36 bits per heavy atom. The van der Waals surface area contributed by atoms with Crippen LogP contribution in [0.3, 0.4) is 0 Å². The second kappa shape index (κ2) is 5.31. The van der Waals surface area contributed by atoms with E-state index < -0.39 is 16.0 Å². The number of carboxylic acid groups (broad SMARTS) is 1. The molecule has 0 spiro atoms. The number of ether oxygens (including phenoxy) is 2. The molecule has 2 fully saturated rings. The van der Waals surface area contributed by atoms with Gasteiger partial charge in [0.2, 0.25) is 10.0 Å². The van der Waals surface area contributed by atoms with E-state index in [0.717, 1.165) is 0 Å². The van der Waals surface area contributed by atoms with E-state index in [0.29, 0.717) is 11.1 Å². The largest absolute Gasteiger partial charge is 0.478 e. The minimum absolute atomic E-state index is 0.0323. The molecule has 7 nitrogen and oxygen atoms in total. The number of sulfonamides is 1. The summed E-state index contributed by atoms with van der Waals surface area (Å²) in [6.45, 7) is 4.02. The summed E-state index contributed by atoms with van der Waals surface area (Å²) in [5, 5.41) is 9.14. The molecule has 0 saturated carbocycles. The number of aryl methyl sites for hydroxylation is 1. The van der Waals surface area contributed by atoms with Crippen molar-refractivity contribution >= 4 is 16.0 Å². The van der Waals surface area contributed by atoms with Crippen molar-refractivity contribution in [2.24, 2.45) is 0 Å². The smallest absolute Gasteiger partial charge is 0.335 e. The Kier molecular flexibility index (Phi) is 3.72. The van der Waals surface area contributed by atoms with Crippen molar-refractivity contribution in [3.8, 4) is 0 Å². The summed E-state index contributed by atoms with van der Waals surface area (Å²) in [5.41, 5.74) is 1.16. The summed E-state index contributed by atoms with van der Waals surface area (Å²) in [7, 11) is -3.78. The molecule has 2 aliphatic heterocycles. The lowest BCUT2D eigenvalue weighted by molar-refractivity contribution is 0.0244. The van der Waals surface area contributed by atoms with Gasteiger partial charge in [0, 0.05) is 13.1 Å². The van der Waals surface area contributed by atoms with Gasteiger partial charge in [-0.1, -0.05) is 0 Å². The minimum atomic E-state index is -3.78. The summed E-state index contributed by atoms with van der Waals surface area (Å²) in [6.07, 6.45) is -0.502. The van der Waals surface area contributed by atoms with Crippen molar-refractivity contribution in [2.45, 2.75) is 31.0 Å². The van der Waals surface area contributed by atoms with E-state index >= 15 is 0 Å². The summed E-state index contributed by atoms with van der Waals surface area (Å²) < 4.78 is 37.6. The topological polar surface area (TPSA) is 93.1 Å². The maximum Gasteiger partial charge on any atom is 0.335 e. The number of carboxylic acids is 1. The third kappa shape index (κ3) is 2.41. The van der Waals surface area contributed by atoms with Gasteiger partial charge in [-0.3, -0.25) is 0 Å². The van der Waals surface area contributed by atoms with E-state index in [-0.39, 0.29) is 42.5 Å². The quantitative estimate of drug-likeness (QED) is 0.880. The Morgan fingerprint density at radius 1 is 1.23 bits per heavy atom. The van der Waals surface area contributed by atoms with E-state index in [4.69, 9.17) is 14.6 Å². The average molecular weight is 327 g/mol. The molecule has 1 N–H and O–H groups in total. The van der Waals surface area contributed by atoms with E-state index in [1.807, 2.05) is 0 Å². The van der Waals surface area contributed by atoms with Crippen LogP contribution in [0.4, 0.5) is 0 Å². The number of hydrogen-bond donors (Lipinski definition) is 1. The molecule has 1 aromatic rings. The Balaban J connectivity index is 2.00. The molecule has 0 aromatic heterocycles. The molecule has 2 saturated heterocycles. The highest BCUT2D eigenvalue weighted by atomic mass is 32.2. The molecule has 1 aromatic carbocycles. The van der Waals surface area contributed by atoms with Crippen molar-refractivity contribution in [3.63, 3.8) is 0 Å². The van der Waals surface area contributed by atoms with Crippen molar-refractivity contribution in [2.75, 3.05) is 19.9 Å². The van der Waals surface area contributed by atoms with Crippen molar-refractivity contribution in [1.29, 1.82) is 0 Å². The first-order valence-corrected chi connectivity index (χ1v) is 8.32. The van der Waals surface area contributed by atoms with Crippen LogP contribution in [0.1, 0.15) is 21.5 Å². The summed E-state index contributed by atoms with van der Waals surface area (Å²) >= 11 is 0. The van der Waals surface area contributed by atoms with Gasteiger partial charge in [-0.05, 0) is 37.1 Å². The van der Waals surface area contributed by atoms with Crippen LogP contribution < -0.4 is 0 Å². The summed E-state index contributed by atoms with van der Waals surface area (Å²) in [6, 6.07) is 2.69. The first kappa shape index (κ1) is 15.4. The minimum Gasteiger partial charge on any atom is -0.478 e. The van der Waals surface area contributed by atoms with Crippen LogP contribution >= 0.6 is 0 Å². The maximum atomic E-state index is 12.8. The number of hydrogen-bond acceptors (Lipinski definition) is 5. The summed E-state index contributed by atoms with van der Waals surface area (Å²) in [5.74, 6) is -1.15. The number of nitrogens with zero attached hydrogens (tertiary/aromatic N) is 1. The van der Waals surface area contributed by atoms with E-state index in [2.05, 4.69) is 0 Å². The van der Waals surface area contributed by atoms with Gasteiger partial charge in [0.15, 0.2) is 0 Å². The van der Waals surface area contributed by atoms with Crippen molar-refractivity contribution in [1.82, 2.24) is 4.31 Å². The number of fused-ring (bicyclic) bond motifs is 1. The molecule has 2 heterocycles. The Morgan fingerprint density at radius 2 is 1.82 bits per heavy atom. The van der Waals surface area contributed by atoms with Crippen LogP contribution in [-0.4, -0.2) is 55.9 Å². The third-order valence-electron chi connectivity index (χ3n) is 4.23. The van der Waals surface area contributed by atoms with Crippen LogP contribution in [0.25, 0.3) is 0 Å². The number of carbonyl (C=O) groups is 1. The predicted molar refractivity (Wildman–Crippen MR) is 76.2 cm³/mol. The van der Waals surface area contributed by atoms with E-state index in [9.17, 15) is 13.2 Å². The van der Waals surface area contributed by atoms with Crippen LogP contribution in [0.2, 0.25) is 0 Å². The molecule has 2 aliphatic rings. The lowest BCUT2D eigenvalue weighted by Crippen LogP contribution is -2.31. The number of benzene rings is 1. The molecule has 0 amide bonds. The van der Waals surface area contributed by atoms with Gasteiger partial charge in [-0.2, -0.15) is 4.31 Å². The fraction of sp³-hybridized carbons (Fsp3) is 0.500. The van der Waals surface area contributed by atoms with Crippen LogP contribution in [0.5, 0.6) is 0 Å². The molecule has 120 valence electrons. The molecule has 0 aliphatic carbocycles. The molecule has 22 heavy (non-hydrogen) atoms. The normalized spacial score (nSPS) is 25.4. The molecule has 0 unspecified atom stereocenters. The monoisotopic (exact) mass is 327 g/mol. The second-order valence-corrected chi connectivity index (χ2v) is 7.48. The Bertz CT molecular complexity index is 717. The van der Waals surface area contributed by atoms with Gasteiger partial charge in [0.05, 0.1) is 10.5 Å². The van der Waals surface area contributed by atoms with Gasteiger partial charge in [0.1, 0.15) is 19.0 Å². The van der Waals surface area contributed by atoms with E-state index in [1.165, 1.54) is 16.4 Å². The van der Waals surface area contributed by atoms with Crippen LogP contribution in [0, 0.1) is 13.8 Å². The summed E-state index contributed by atoms with van der Waals surface area (Å²) in [4.78, 5) is 11.2. The zero-order valence-corrected chi connectivity index (χ0v) is 13.1. The zero-order valence-electron chi connectivity index (χ0n) is 12.3. The van der Waals surface area contributed by atoms with Gasteiger partial charge in [-0.25, -0.2) is 13.2 Å². The molecular weight excluding hydrogens is 310 g/mol. The van der Waals surface area contributed by atoms with Crippen LogP contribution in [-0.2, 0) is 19.5 Å².